The smallest absolute Gasteiger partial charge is 0.338 e. The van der Waals surface area contributed by atoms with Gasteiger partial charge in [0.1, 0.15) is 0 Å². The van der Waals surface area contributed by atoms with Gasteiger partial charge in [0.2, 0.25) is 0 Å². The molecule has 0 bridgehead atoms. The van der Waals surface area contributed by atoms with Gasteiger partial charge < -0.3 is 4.74 Å². The molecular formula is C15H11BrO3. The van der Waals surface area contributed by atoms with Crippen molar-refractivity contribution >= 4 is 27.7 Å². The van der Waals surface area contributed by atoms with Crippen LogP contribution in [0.5, 0.6) is 0 Å². The Hall–Kier alpha value is -1.94. The number of carbonyl (C=O) groups excluding carboxylic acids is 2. The highest BCUT2D eigenvalue weighted by Gasteiger charge is 2.11. The lowest BCUT2D eigenvalue weighted by atomic mass is 10.1. The first-order valence-electron chi connectivity index (χ1n) is 5.68. The molecule has 19 heavy (non-hydrogen) atoms. The normalized spacial score (nSPS) is 9.95. The SMILES string of the molecule is O=C(COC(=O)c1ccccc1)c1cccc(Br)c1. The van der Waals surface area contributed by atoms with E-state index in [1.165, 1.54) is 0 Å². The lowest BCUT2D eigenvalue weighted by molar-refractivity contribution is 0.0475. The summed E-state index contributed by atoms with van der Waals surface area (Å²) in [7, 11) is 0. The van der Waals surface area contributed by atoms with Crippen molar-refractivity contribution in [1.82, 2.24) is 0 Å². The first-order chi connectivity index (χ1) is 9.16. The molecule has 96 valence electrons. The van der Waals surface area contributed by atoms with Gasteiger partial charge in [-0.05, 0) is 24.3 Å². The number of carbonyl (C=O) groups is 2. The molecular weight excluding hydrogens is 308 g/mol. The molecule has 0 unspecified atom stereocenters. The van der Waals surface area contributed by atoms with E-state index in [0.717, 1.165) is 4.47 Å². The maximum atomic E-state index is 11.8. The second-order valence-electron chi connectivity index (χ2n) is 3.88. The molecule has 0 N–H and O–H groups in total. The number of benzene rings is 2. The molecule has 0 heterocycles. The fourth-order valence-electron chi connectivity index (χ4n) is 1.53. The third kappa shape index (κ3) is 3.76. The summed E-state index contributed by atoms with van der Waals surface area (Å²) in [5.74, 6) is -0.727. The standard InChI is InChI=1S/C15H11BrO3/c16-13-8-4-7-12(9-13)14(17)10-19-15(18)11-5-2-1-3-6-11/h1-9H,10H2. The predicted octanol–water partition coefficient (Wildman–Crippen LogP) is 3.49. The van der Waals surface area contributed by atoms with Crippen LogP contribution in [-0.2, 0) is 4.74 Å². The molecule has 0 spiro atoms. The van der Waals surface area contributed by atoms with E-state index in [1.807, 2.05) is 12.1 Å². The number of Topliss-reactive ketones (excluding diaryl/α,β-unsaturated/α-hetero) is 1. The van der Waals surface area contributed by atoms with E-state index in [4.69, 9.17) is 4.74 Å². The summed E-state index contributed by atoms with van der Waals surface area (Å²) in [6.45, 7) is -0.260. The zero-order chi connectivity index (χ0) is 13.7. The van der Waals surface area contributed by atoms with Crippen molar-refractivity contribution in [3.05, 3.63) is 70.2 Å². The largest absolute Gasteiger partial charge is 0.454 e. The van der Waals surface area contributed by atoms with Crippen LogP contribution in [0.1, 0.15) is 20.7 Å². The van der Waals surface area contributed by atoms with Crippen molar-refractivity contribution in [2.45, 2.75) is 0 Å². The summed E-state index contributed by atoms with van der Waals surface area (Å²) in [5.41, 5.74) is 0.944. The summed E-state index contributed by atoms with van der Waals surface area (Å²) in [6.07, 6.45) is 0. The van der Waals surface area contributed by atoms with Crippen LogP contribution >= 0.6 is 15.9 Å². The van der Waals surface area contributed by atoms with Gasteiger partial charge in [0.15, 0.2) is 12.4 Å². The van der Waals surface area contributed by atoms with Crippen molar-refractivity contribution in [3.63, 3.8) is 0 Å². The van der Waals surface area contributed by atoms with Gasteiger partial charge in [0, 0.05) is 10.0 Å². The van der Waals surface area contributed by atoms with Crippen LogP contribution in [0.4, 0.5) is 0 Å². The summed E-state index contributed by atoms with van der Waals surface area (Å²) in [6, 6.07) is 15.5. The summed E-state index contributed by atoms with van der Waals surface area (Å²) >= 11 is 3.29. The van der Waals surface area contributed by atoms with Crippen LogP contribution in [0.3, 0.4) is 0 Å². The third-order valence-corrected chi connectivity index (χ3v) is 2.98. The van der Waals surface area contributed by atoms with Gasteiger partial charge in [0.05, 0.1) is 5.56 Å². The molecule has 0 atom stereocenters. The average Bonchev–Trinajstić information content (AvgIpc) is 2.45. The van der Waals surface area contributed by atoms with Crippen LogP contribution in [0.25, 0.3) is 0 Å². The van der Waals surface area contributed by atoms with Gasteiger partial charge in [-0.15, -0.1) is 0 Å². The van der Waals surface area contributed by atoms with E-state index in [9.17, 15) is 9.59 Å². The Bertz CT molecular complexity index is 593. The molecule has 0 saturated carbocycles. The molecule has 0 aliphatic rings. The Balaban J connectivity index is 1.96. The highest BCUT2D eigenvalue weighted by molar-refractivity contribution is 9.10. The monoisotopic (exact) mass is 318 g/mol. The van der Waals surface area contributed by atoms with Gasteiger partial charge >= 0.3 is 5.97 Å². The first-order valence-corrected chi connectivity index (χ1v) is 6.47. The molecule has 0 amide bonds. The zero-order valence-corrected chi connectivity index (χ0v) is 11.6. The van der Waals surface area contributed by atoms with Gasteiger partial charge in [-0.1, -0.05) is 46.3 Å². The molecule has 3 nitrogen and oxygen atoms in total. The second kappa shape index (κ2) is 6.29. The predicted molar refractivity (Wildman–Crippen MR) is 75.2 cm³/mol. The van der Waals surface area contributed by atoms with Crippen LogP contribution in [0.15, 0.2) is 59.1 Å². The minimum absolute atomic E-state index is 0.231. The highest BCUT2D eigenvalue weighted by Crippen LogP contribution is 2.12. The number of ether oxygens (including phenoxy) is 1. The van der Waals surface area contributed by atoms with Crippen LogP contribution in [-0.4, -0.2) is 18.4 Å². The average molecular weight is 319 g/mol. The Morgan fingerprint density at radius 3 is 2.32 bits per heavy atom. The molecule has 0 aliphatic heterocycles. The maximum Gasteiger partial charge on any atom is 0.338 e. The number of hydrogen-bond donors (Lipinski definition) is 0. The van der Waals surface area contributed by atoms with E-state index in [-0.39, 0.29) is 12.4 Å². The van der Waals surface area contributed by atoms with Gasteiger partial charge in [0.25, 0.3) is 0 Å². The highest BCUT2D eigenvalue weighted by atomic mass is 79.9. The molecule has 2 aromatic carbocycles. The molecule has 0 saturated heterocycles. The maximum absolute atomic E-state index is 11.8. The molecule has 0 aliphatic carbocycles. The Morgan fingerprint density at radius 2 is 1.63 bits per heavy atom. The van der Waals surface area contributed by atoms with Gasteiger partial charge in [-0.25, -0.2) is 4.79 Å². The van der Waals surface area contributed by atoms with Crippen molar-refractivity contribution in [3.8, 4) is 0 Å². The zero-order valence-electron chi connectivity index (χ0n) is 10.0. The number of esters is 1. The number of hydrogen-bond acceptors (Lipinski definition) is 3. The number of halogens is 1. The molecule has 2 aromatic rings. The lowest BCUT2D eigenvalue weighted by Crippen LogP contribution is -2.14. The van der Waals surface area contributed by atoms with Gasteiger partial charge in [-0.2, -0.15) is 0 Å². The molecule has 2 rings (SSSR count). The molecule has 0 radical (unpaired) electrons. The molecule has 0 fully saturated rings. The Kier molecular flexibility index (Phi) is 4.47. The van der Waals surface area contributed by atoms with Crippen molar-refractivity contribution < 1.29 is 14.3 Å². The van der Waals surface area contributed by atoms with Crippen LogP contribution < -0.4 is 0 Å². The summed E-state index contributed by atoms with van der Waals surface area (Å²) in [4.78, 5) is 23.5. The minimum Gasteiger partial charge on any atom is -0.454 e. The molecule has 4 heteroatoms. The summed E-state index contributed by atoms with van der Waals surface area (Å²) in [5, 5.41) is 0. The van der Waals surface area contributed by atoms with E-state index < -0.39 is 5.97 Å². The number of ketones is 1. The van der Waals surface area contributed by atoms with Crippen molar-refractivity contribution in [2.75, 3.05) is 6.61 Å². The first kappa shape index (κ1) is 13.5. The fourth-order valence-corrected chi connectivity index (χ4v) is 1.93. The Labute approximate surface area is 119 Å². The second-order valence-corrected chi connectivity index (χ2v) is 4.79. The number of rotatable bonds is 4. The fraction of sp³-hybridized carbons (Fsp3) is 0.0667. The van der Waals surface area contributed by atoms with E-state index in [2.05, 4.69) is 15.9 Å². The Morgan fingerprint density at radius 1 is 0.947 bits per heavy atom. The summed E-state index contributed by atoms with van der Waals surface area (Å²) < 4.78 is 5.79. The van der Waals surface area contributed by atoms with Gasteiger partial charge in [-0.3, -0.25) is 4.79 Å². The van der Waals surface area contributed by atoms with E-state index in [0.29, 0.717) is 11.1 Å². The lowest BCUT2D eigenvalue weighted by Gasteiger charge is -2.04. The van der Waals surface area contributed by atoms with Crippen LogP contribution in [0, 0.1) is 0 Å². The van der Waals surface area contributed by atoms with Crippen LogP contribution in [0.2, 0.25) is 0 Å². The minimum atomic E-state index is -0.496. The quantitative estimate of drug-likeness (QED) is 0.640. The topological polar surface area (TPSA) is 43.4 Å². The van der Waals surface area contributed by atoms with Crippen molar-refractivity contribution in [1.29, 1.82) is 0 Å². The molecule has 0 aromatic heterocycles. The van der Waals surface area contributed by atoms with E-state index in [1.54, 1.807) is 42.5 Å². The van der Waals surface area contributed by atoms with E-state index >= 15 is 0 Å². The van der Waals surface area contributed by atoms with Crippen molar-refractivity contribution in [2.24, 2.45) is 0 Å². The third-order valence-electron chi connectivity index (χ3n) is 2.49.